The number of carbonyl (C=O) groups is 3. The van der Waals surface area contributed by atoms with Gasteiger partial charge in [-0.2, -0.15) is 0 Å². The summed E-state index contributed by atoms with van der Waals surface area (Å²) in [7, 11) is 1.61. The van der Waals surface area contributed by atoms with E-state index in [2.05, 4.69) is 5.32 Å². The van der Waals surface area contributed by atoms with Crippen LogP contribution in [0.3, 0.4) is 0 Å². The normalized spacial score (nSPS) is 10.9. The number of ether oxygens (including phenoxy) is 3. The Labute approximate surface area is 189 Å². The maximum absolute atomic E-state index is 12.6. The van der Waals surface area contributed by atoms with E-state index < -0.39 is 11.4 Å². The van der Waals surface area contributed by atoms with Gasteiger partial charge in [0, 0.05) is 6.54 Å². The molecule has 0 aromatic heterocycles. The highest BCUT2D eigenvalue weighted by Gasteiger charge is 2.27. The van der Waals surface area contributed by atoms with Gasteiger partial charge in [-0.1, -0.05) is 31.2 Å². The van der Waals surface area contributed by atoms with Crippen molar-refractivity contribution in [3.8, 4) is 5.75 Å². The average Bonchev–Trinajstić information content (AvgIpc) is 2.81. The number of nitrogens with one attached hydrogen (secondary N) is 1. The summed E-state index contributed by atoms with van der Waals surface area (Å²) in [5.74, 6) is -0.569. The number of amides is 1. The third-order valence-corrected chi connectivity index (χ3v) is 5.24. The first-order valence-electron chi connectivity index (χ1n) is 10.6. The first-order valence-corrected chi connectivity index (χ1v) is 10.6. The number of esters is 2. The Morgan fingerprint density at radius 2 is 1.53 bits per heavy atom. The zero-order valence-corrected chi connectivity index (χ0v) is 19.1. The Balaban J connectivity index is 1.86. The first-order chi connectivity index (χ1) is 15.3. The molecular formula is C25H31NO6. The van der Waals surface area contributed by atoms with E-state index in [0.29, 0.717) is 19.4 Å². The van der Waals surface area contributed by atoms with Crippen LogP contribution in [0, 0.1) is 5.41 Å². The van der Waals surface area contributed by atoms with Gasteiger partial charge in [-0.05, 0) is 56.5 Å². The molecule has 0 fully saturated rings. The van der Waals surface area contributed by atoms with Crippen molar-refractivity contribution in [1.29, 1.82) is 0 Å². The first kappa shape index (κ1) is 24.9. The lowest BCUT2D eigenvalue weighted by molar-refractivity contribution is -0.155. The molecule has 0 atom stereocenters. The second kappa shape index (κ2) is 11.9. The molecule has 2 aromatic rings. The molecule has 7 heteroatoms. The maximum atomic E-state index is 12.6. The molecule has 0 aliphatic carbocycles. The van der Waals surface area contributed by atoms with Crippen LogP contribution < -0.4 is 10.1 Å². The van der Waals surface area contributed by atoms with Crippen LogP contribution in [0.4, 0.5) is 0 Å². The number of carbonyl (C=O) groups excluding carboxylic acids is 3. The SMILES string of the molecule is CCC(C)(C)C(=O)OCCOC(=O)c1ccccc1C(=O)NCCc1ccc(OC)cc1. The molecule has 0 saturated heterocycles. The number of hydrogen-bond donors (Lipinski definition) is 1. The predicted molar refractivity (Wildman–Crippen MR) is 121 cm³/mol. The van der Waals surface area contributed by atoms with Crippen LogP contribution in [0.25, 0.3) is 0 Å². The molecule has 0 unspecified atom stereocenters. The van der Waals surface area contributed by atoms with Crippen LogP contribution in [-0.2, 0) is 20.7 Å². The zero-order chi connectivity index (χ0) is 23.6. The Kier molecular flexibility index (Phi) is 9.25. The molecule has 0 saturated carbocycles. The zero-order valence-electron chi connectivity index (χ0n) is 19.1. The lowest BCUT2D eigenvalue weighted by Gasteiger charge is -2.20. The predicted octanol–water partition coefficient (Wildman–Crippen LogP) is 3.80. The van der Waals surface area contributed by atoms with Gasteiger partial charge in [-0.15, -0.1) is 0 Å². The van der Waals surface area contributed by atoms with Gasteiger partial charge in [0.1, 0.15) is 19.0 Å². The van der Waals surface area contributed by atoms with Crippen molar-refractivity contribution in [3.63, 3.8) is 0 Å². The van der Waals surface area contributed by atoms with Gasteiger partial charge in [0.2, 0.25) is 0 Å². The quantitative estimate of drug-likeness (QED) is 0.421. The molecule has 0 radical (unpaired) electrons. The minimum atomic E-state index is -0.642. The van der Waals surface area contributed by atoms with E-state index in [4.69, 9.17) is 14.2 Å². The van der Waals surface area contributed by atoms with Crippen molar-refractivity contribution in [1.82, 2.24) is 5.32 Å². The van der Waals surface area contributed by atoms with E-state index in [1.807, 2.05) is 31.2 Å². The molecule has 2 aromatic carbocycles. The Morgan fingerprint density at radius 1 is 0.906 bits per heavy atom. The second-order valence-electron chi connectivity index (χ2n) is 7.91. The molecule has 1 N–H and O–H groups in total. The minimum absolute atomic E-state index is 0.0375. The Morgan fingerprint density at radius 3 is 2.16 bits per heavy atom. The van der Waals surface area contributed by atoms with Crippen molar-refractivity contribution >= 4 is 17.8 Å². The average molecular weight is 442 g/mol. The van der Waals surface area contributed by atoms with Gasteiger partial charge < -0.3 is 19.5 Å². The third kappa shape index (κ3) is 7.11. The summed E-state index contributed by atoms with van der Waals surface area (Å²) in [6.45, 7) is 5.79. The van der Waals surface area contributed by atoms with Crippen LogP contribution >= 0.6 is 0 Å². The molecule has 1 amide bonds. The molecule has 2 rings (SSSR count). The van der Waals surface area contributed by atoms with Crippen molar-refractivity contribution in [2.24, 2.45) is 5.41 Å². The van der Waals surface area contributed by atoms with Crippen molar-refractivity contribution in [3.05, 3.63) is 65.2 Å². The van der Waals surface area contributed by atoms with Crippen molar-refractivity contribution in [2.75, 3.05) is 26.9 Å². The van der Waals surface area contributed by atoms with E-state index in [1.165, 1.54) is 6.07 Å². The Bertz CT molecular complexity index is 920. The van der Waals surface area contributed by atoms with Gasteiger partial charge in [-0.3, -0.25) is 9.59 Å². The number of methoxy groups -OCH3 is 1. The summed E-state index contributed by atoms with van der Waals surface area (Å²) in [6, 6.07) is 14.1. The van der Waals surface area contributed by atoms with Crippen LogP contribution in [0.15, 0.2) is 48.5 Å². The van der Waals surface area contributed by atoms with Crippen LogP contribution in [0.2, 0.25) is 0 Å². The van der Waals surface area contributed by atoms with Gasteiger partial charge in [0.15, 0.2) is 0 Å². The molecule has 0 heterocycles. The number of benzene rings is 2. The lowest BCUT2D eigenvalue weighted by atomic mass is 9.91. The topological polar surface area (TPSA) is 90.9 Å². The van der Waals surface area contributed by atoms with Gasteiger partial charge in [-0.25, -0.2) is 4.79 Å². The highest BCUT2D eigenvalue weighted by molar-refractivity contribution is 6.05. The van der Waals surface area contributed by atoms with Gasteiger partial charge >= 0.3 is 11.9 Å². The fourth-order valence-electron chi connectivity index (χ4n) is 2.75. The fourth-order valence-corrected chi connectivity index (χ4v) is 2.75. The largest absolute Gasteiger partial charge is 0.497 e. The lowest BCUT2D eigenvalue weighted by Crippen LogP contribution is -2.28. The number of hydrogen-bond acceptors (Lipinski definition) is 6. The summed E-state index contributed by atoms with van der Waals surface area (Å²) in [5, 5.41) is 2.83. The molecule has 0 aliphatic heterocycles. The van der Waals surface area contributed by atoms with Crippen molar-refractivity contribution in [2.45, 2.75) is 33.6 Å². The standard InChI is InChI=1S/C25H31NO6/c1-5-25(2,3)24(29)32-17-16-31-23(28)21-9-7-6-8-20(21)22(27)26-15-14-18-10-12-19(30-4)13-11-18/h6-13H,5,14-17H2,1-4H3,(H,26,27). The smallest absolute Gasteiger partial charge is 0.339 e. The third-order valence-electron chi connectivity index (χ3n) is 5.24. The van der Waals surface area contributed by atoms with Crippen molar-refractivity contribution < 1.29 is 28.6 Å². The van der Waals surface area contributed by atoms with E-state index in [1.54, 1.807) is 39.2 Å². The second-order valence-corrected chi connectivity index (χ2v) is 7.91. The summed E-state index contributed by atoms with van der Waals surface area (Å²) in [5.41, 5.74) is 0.867. The molecular weight excluding hydrogens is 410 g/mol. The molecule has 0 bridgehead atoms. The molecule has 172 valence electrons. The summed E-state index contributed by atoms with van der Waals surface area (Å²) in [4.78, 5) is 37.1. The van der Waals surface area contributed by atoms with Crippen LogP contribution in [0.1, 0.15) is 53.5 Å². The summed E-state index contributed by atoms with van der Waals surface area (Å²) in [6.07, 6.45) is 1.29. The van der Waals surface area contributed by atoms with E-state index in [9.17, 15) is 14.4 Å². The fraction of sp³-hybridized carbons (Fsp3) is 0.400. The summed E-state index contributed by atoms with van der Waals surface area (Å²) >= 11 is 0. The molecule has 0 spiro atoms. The highest BCUT2D eigenvalue weighted by Crippen LogP contribution is 2.21. The number of rotatable bonds is 11. The van der Waals surface area contributed by atoms with Crippen LogP contribution in [0.5, 0.6) is 5.75 Å². The van der Waals surface area contributed by atoms with E-state index >= 15 is 0 Å². The van der Waals surface area contributed by atoms with E-state index in [0.717, 1.165) is 11.3 Å². The Hall–Kier alpha value is -3.35. The van der Waals surface area contributed by atoms with Gasteiger partial charge in [0.05, 0.1) is 23.7 Å². The molecule has 32 heavy (non-hydrogen) atoms. The highest BCUT2D eigenvalue weighted by atomic mass is 16.6. The minimum Gasteiger partial charge on any atom is -0.497 e. The maximum Gasteiger partial charge on any atom is 0.339 e. The summed E-state index contributed by atoms with van der Waals surface area (Å²) < 4.78 is 15.5. The monoisotopic (exact) mass is 441 g/mol. The van der Waals surface area contributed by atoms with Crippen LogP contribution in [-0.4, -0.2) is 44.7 Å². The van der Waals surface area contributed by atoms with E-state index in [-0.39, 0.29) is 36.2 Å². The van der Waals surface area contributed by atoms with Gasteiger partial charge in [0.25, 0.3) is 5.91 Å². The molecule has 0 aliphatic rings. The molecule has 7 nitrogen and oxygen atoms in total.